The summed E-state index contributed by atoms with van der Waals surface area (Å²) in [6, 6.07) is 13.7. The Balaban J connectivity index is 1.82. The number of carbonyl (C=O) groups is 3. The van der Waals surface area contributed by atoms with Crippen LogP contribution in [0.15, 0.2) is 54.6 Å². The second-order valence-electron chi connectivity index (χ2n) is 7.22. The van der Waals surface area contributed by atoms with E-state index in [-0.39, 0.29) is 0 Å². The minimum Gasteiger partial charge on any atom is -0.468 e. The molecule has 2 aromatic rings. The standard InChI is InChI=1S/C21H19FN2O4/c1-21(20(27)28-2)16-15(17(23-21)12-8-10-13(22)11-9-12)18(25)24(19(16)26)14-6-4-3-5-7-14/h3-11,15-17,23H,1-2H3/t15-,16-,17-,21-/m0/s1. The van der Waals surface area contributed by atoms with Crippen LogP contribution < -0.4 is 10.2 Å². The quantitative estimate of drug-likeness (QED) is 0.651. The molecule has 1 N–H and O–H groups in total. The Morgan fingerprint density at radius 1 is 1.07 bits per heavy atom. The van der Waals surface area contributed by atoms with E-state index in [1.54, 1.807) is 49.4 Å². The van der Waals surface area contributed by atoms with Crippen molar-refractivity contribution < 1.29 is 23.5 Å². The van der Waals surface area contributed by atoms with Gasteiger partial charge in [-0.25, -0.2) is 9.29 Å². The summed E-state index contributed by atoms with van der Waals surface area (Å²) in [5.74, 6) is -3.61. The number of rotatable bonds is 3. The molecule has 0 saturated carbocycles. The summed E-state index contributed by atoms with van der Waals surface area (Å²) in [5.41, 5.74) is -0.300. The Morgan fingerprint density at radius 2 is 1.71 bits per heavy atom. The van der Waals surface area contributed by atoms with Crippen molar-refractivity contribution in [2.75, 3.05) is 12.0 Å². The third-order valence-corrected chi connectivity index (χ3v) is 5.64. The van der Waals surface area contributed by atoms with Crippen molar-refractivity contribution in [3.8, 4) is 0 Å². The average Bonchev–Trinajstić information content (AvgIpc) is 3.16. The van der Waals surface area contributed by atoms with Gasteiger partial charge in [0.15, 0.2) is 0 Å². The van der Waals surface area contributed by atoms with Gasteiger partial charge in [0, 0.05) is 6.04 Å². The van der Waals surface area contributed by atoms with Gasteiger partial charge in [-0.2, -0.15) is 0 Å². The number of halogens is 1. The monoisotopic (exact) mass is 382 g/mol. The fourth-order valence-corrected chi connectivity index (χ4v) is 4.33. The highest BCUT2D eigenvalue weighted by molar-refractivity contribution is 6.24. The minimum absolute atomic E-state index is 0.393. The first-order valence-corrected chi connectivity index (χ1v) is 8.93. The van der Waals surface area contributed by atoms with Gasteiger partial charge in [0.1, 0.15) is 11.4 Å². The maximum absolute atomic E-state index is 13.4. The lowest BCUT2D eigenvalue weighted by Gasteiger charge is -2.28. The number of carbonyl (C=O) groups excluding carboxylic acids is 3. The highest BCUT2D eigenvalue weighted by Crippen LogP contribution is 2.49. The van der Waals surface area contributed by atoms with Gasteiger partial charge < -0.3 is 4.74 Å². The second-order valence-corrected chi connectivity index (χ2v) is 7.22. The average molecular weight is 382 g/mol. The van der Waals surface area contributed by atoms with Crippen LogP contribution in [-0.2, 0) is 19.1 Å². The van der Waals surface area contributed by atoms with Gasteiger partial charge in [0.25, 0.3) is 0 Å². The molecule has 2 aliphatic rings. The topological polar surface area (TPSA) is 75.7 Å². The maximum atomic E-state index is 13.4. The third-order valence-electron chi connectivity index (χ3n) is 5.64. The molecule has 7 heteroatoms. The first kappa shape index (κ1) is 18.3. The number of hydrogen-bond acceptors (Lipinski definition) is 5. The lowest BCUT2D eigenvalue weighted by molar-refractivity contribution is -0.151. The summed E-state index contributed by atoms with van der Waals surface area (Å²) in [7, 11) is 1.24. The molecule has 2 aromatic carbocycles. The predicted octanol–water partition coefficient (Wildman–Crippen LogP) is 2.21. The number of methoxy groups -OCH3 is 1. The lowest BCUT2D eigenvalue weighted by atomic mass is 9.80. The number of para-hydroxylation sites is 1. The summed E-state index contributed by atoms with van der Waals surface area (Å²) in [4.78, 5) is 40.3. The Hall–Kier alpha value is -3.06. The first-order valence-electron chi connectivity index (χ1n) is 8.93. The van der Waals surface area contributed by atoms with Crippen molar-refractivity contribution in [3.63, 3.8) is 0 Å². The van der Waals surface area contributed by atoms with E-state index in [0.717, 1.165) is 4.90 Å². The van der Waals surface area contributed by atoms with Crippen LogP contribution in [0.5, 0.6) is 0 Å². The van der Waals surface area contributed by atoms with E-state index in [1.807, 2.05) is 0 Å². The predicted molar refractivity (Wildman–Crippen MR) is 98.6 cm³/mol. The molecular formula is C21H19FN2O4. The van der Waals surface area contributed by atoms with Crippen LogP contribution in [-0.4, -0.2) is 30.4 Å². The van der Waals surface area contributed by atoms with E-state index >= 15 is 0 Å². The van der Waals surface area contributed by atoms with Crippen molar-refractivity contribution in [1.29, 1.82) is 0 Å². The van der Waals surface area contributed by atoms with Crippen molar-refractivity contribution in [1.82, 2.24) is 5.32 Å². The Kier molecular flexibility index (Phi) is 4.27. The van der Waals surface area contributed by atoms with Crippen LogP contribution in [0.3, 0.4) is 0 Å². The van der Waals surface area contributed by atoms with E-state index < -0.39 is 47.0 Å². The molecule has 4 atom stereocenters. The van der Waals surface area contributed by atoms with Crippen LogP contribution in [0.25, 0.3) is 0 Å². The summed E-state index contributed by atoms with van der Waals surface area (Å²) in [5, 5.41) is 3.12. The van der Waals surface area contributed by atoms with Crippen LogP contribution in [0.2, 0.25) is 0 Å². The molecule has 2 amide bonds. The molecule has 2 aliphatic heterocycles. The summed E-state index contributed by atoms with van der Waals surface area (Å²) < 4.78 is 18.3. The number of fused-ring (bicyclic) bond motifs is 1. The van der Waals surface area contributed by atoms with Gasteiger partial charge in [0.2, 0.25) is 11.8 Å². The number of nitrogens with zero attached hydrogens (tertiary/aromatic N) is 1. The van der Waals surface area contributed by atoms with Crippen molar-refractivity contribution in [2.45, 2.75) is 18.5 Å². The minimum atomic E-state index is -1.38. The number of ether oxygens (including phenoxy) is 1. The number of benzene rings is 2. The molecule has 6 nitrogen and oxygen atoms in total. The zero-order chi connectivity index (χ0) is 20.1. The number of amides is 2. The highest BCUT2D eigenvalue weighted by Gasteiger charge is 2.67. The van der Waals surface area contributed by atoms with Gasteiger partial charge in [-0.3, -0.25) is 19.7 Å². The largest absolute Gasteiger partial charge is 0.468 e. The number of anilines is 1. The molecule has 0 bridgehead atoms. The number of nitrogens with one attached hydrogen (secondary N) is 1. The molecule has 144 valence electrons. The molecule has 28 heavy (non-hydrogen) atoms. The molecule has 0 radical (unpaired) electrons. The van der Waals surface area contributed by atoms with Gasteiger partial charge in [-0.1, -0.05) is 30.3 Å². The summed E-state index contributed by atoms with van der Waals surface area (Å²) >= 11 is 0. The zero-order valence-corrected chi connectivity index (χ0v) is 15.4. The zero-order valence-electron chi connectivity index (χ0n) is 15.4. The van der Waals surface area contributed by atoms with E-state index in [9.17, 15) is 18.8 Å². The normalized spacial score (nSPS) is 29.1. The molecule has 0 spiro atoms. The molecule has 0 aromatic heterocycles. The van der Waals surface area contributed by atoms with Crippen molar-refractivity contribution in [2.24, 2.45) is 11.8 Å². The van der Waals surface area contributed by atoms with E-state index in [1.165, 1.54) is 19.2 Å². The van der Waals surface area contributed by atoms with E-state index in [4.69, 9.17) is 4.74 Å². The molecule has 2 fully saturated rings. The fraction of sp³-hybridized carbons (Fsp3) is 0.286. The second kappa shape index (κ2) is 6.53. The molecule has 0 unspecified atom stereocenters. The SMILES string of the molecule is COC(=O)[C@@]1(C)N[C@@H](c2ccc(F)cc2)[C@H]2C(=O)N(c3ccccc3)C(=O)[C@H]21. The van der Waals surface area contributed by atoms with Crippen molar-refractivity contribution in [3.05, 3.63) is 66.0 Å². The maximum Gasteiger partial charge on any atom is 0.326 e. The first-order chi connectivity index (χ1) is 13.4. The highest BCUT2D eigenvalue weighted by atomic mass is 19.1. The van der Waals surface area contributed by atoms with Gasteiger partial charge in [-0.15, -0.1) is 0 Å². The fourth-order valence-electron chi connectivity index (χ4n) is 4.33. The smallest absolute Gasteiger partial charge is 0.326 e. The van der Waals surface area contributed by atoms with Crippen LogP contribution in [0, 0.1) is 17.7 Å². The number of hydrogen-bond donors (Lipinski definition) is 1. The summed E-state index contributed by atoms with van der Waals surface area (Å²) in [6.45, 7) is 1.57. The Morgan fingerprint density at radius 3 is 2.32 bits per heavy atom. The van der Waals surface area contributed by atoms with Crippen LogP contribution in [0.4, 0.5) is 10.1 Å². The van der Waals surface area contributed by atoms with Crippen molar-refractivity contribution >= 4 is 23.5 Å². The summed E-state index contributed by atoms with van der Waals surface area (Å²) in [6.07, 6.45) is 0. The number of esters is 1. The third kappa shape index (κ3) is 2.54. The molecule has 2 saturated heterocycles. The van der Waals surface area contributed by atoms with Gasteiger partial charge in [0.05, 0.1) is 24.6 Å². The van der Waals surface area contributed by atoms with Crippen LogP contribution in [0.1, 0.15) is 18.5 Å². The van der Waals surface area contributed by atoms with Gasteiger partial charge in [-0.05, 0) is 36.8 Å². The lowest BCUT2D eigenvalue weighted by Crippen LogP contribution is -2.54. The Labute approximate surface area is 161 Å². The van der Waals surface area contributed by atoms with Gasteiger partial charge >= 0.3 is 5.97 Å². The molecule has 4 rings (SSSR count). The Bertz CT molecular complexity index is 947. The number of imide groups is 1. The molecule has 0 aliphatic carbocycles. The molecular weight excluding hydrogens is 363 g/mol. The molecule has 2 heterocycles. The van der Waals surface area contributed by atoms with E-state index in [2.05, 4.69) is 5.32 Å². The van der Waals surface area contributed by atoms with E-state index in [0.29, 0.717) is 11.3 Å². The van der Waals surface area contributed by atoms with Crippen LogP contribution >= 0.6 is 0 Å².